The molecule has 5 unspecified atom stereocenters. The second kappa shape index (κ2) is 55.6. The number of esters is 3. The third-order valence-electron chi connectivity index (χ3n) is 20.5. The molecule has 2 aromatic heterocycles. The number of hydrogen-bond donors (Lipinski definition) is 1. The van der Waals surface area contributed by atoms with E-state index in [2.05, 4.69) is 180 Å². The first kappa shape index (κ1) is 98.5. The van der Waals surface area contributed by atoms with Crippen LogP contribution in [-0.4, -0.2) is 75.0 Å². The molecule has 0 radical (unpaired) electrons. The molecular weight excluding hydrogens is 1500 g/mol. The lowest BCUT2D eigenvalue weighted by Crippen LogP contribution is -2.27. The van der Waals surface area contributed by atoms with Gasteiger partial charge in [0.05, 0.1) is 52.0 Å². The number of nitrogens with zero attached hydrogens (tertiary/aromatic N) is 8. The number of carbonyl (C=O) groups is 3. The Hall–Kier alpha value is -12.1. The van der Waals surface area contributed by atoms with Gasteiger partial charge in [-0.05, 0) is 292 Å². The zero-order valence-electron chi connectivity index (χ0n) is 74.0. The van der Waals surface area contributed by atoms with Crippen LogP contribution in [-0.2, 0) is 19.1 Å². The highest BCUT2D eigenvalue weighted by Gasteiger charge is 2.27. The van der Waals surface area contributed by atoms with Crippen molar-refractivity contribution in [2.24, 2.45) is 25.9 Å². The van der Waals surface area contributed by atoms with Gasteiger partial charge in [-0.2, -0.15) is 25.7 Å². The summed E-state index contributed by atoms with van der Waals surface area (Å²) in [6.07, 6.45) is 19.9. The summed E-state index contributed by atoms with van der Waals surface area (Å²) in [5.74, 6) is 5.43. The van der Waals surface area contributed by atoms with Crippen molar-refractivity contribution in [1.82, 2.24) is 9.97 Å². The van der Waals surface area contributed by atoms with Crippen LogP contribution in [0.4, 0.5) is 34.3 Å². The molecule has 0 saturated heterocycles. The Kier molecular flexibility index (Phi) is 45.6. The normalized spacial score (nSPS) is 12.1. The number of carbonyl (C=O) groups excluding carboxylic acids is 3. The standard InChI is InChI=1S/C27H36O4.C24H24N2O2.C21H23N3O3.C12H19N.C9H14N2.C9H13N/c1-4-6-7-8-19-29-25-14-9-23(10-15-25)11-18-27(28)31-21-20-30-26-16-12-24(13-17-26)22(3)5-2;1-4-18(3)19-9-15-23(16-10-19)28-24(27)20-7-13-22(14-8-20)26-25-21-11-5-17(2)6-12-21;1-4-21(2,3)20(25)27-14-13-26-19-11-9-18(10-12-19)24-23-17-7-5-16(15-22)6-8-17;1-5-10(2)11-6-8-12(9-7-11)13(3)4;1-3-7(2)8-4-5-11-9(10)6-8;1-3-8(2)9-4-6-10-7-5-9/h9-18,22H,4-8,19-21H2,1-3H3;5-16,18H,4H2,1-3H3;5-12H,4,13-14H2,1-3H3;6-10H,5H2,1-4H3;4-7H,3H2,1-2H3,(H2,10,11);4-8H,3H2,1-2H3/b18-11+;;;;;. The van der Waals surface area contributed by atoms with Crippen LogP contribution < -0.4 is 29.6 Å². The van der Waals surface area contributed by atoms with E-state index in [1.54, 1.807) is 85.1 Å². The molecular formula is C102H129N9O9. The number of pyridine rings is 2. The number of nitrogen functional groups attached to an aromatic ring is 1. The number of aromatic nitrogens is 2. The first-order valence-corrected chi connectivity index (χ1v) is 42.3. The highest BCUT2D eigenvalue weighted by atomic mass is 16.6. The Morgan fingerprint density at radius 2 is 0.867 bits per heavy atom. The zero-order valence-corrected chi connectivity index (χ0v) is 74.0. The SMILES string of the molecule is CCC(C)(C)C(=O)OCCOc1ccc(N=Nc2ccc(C#N)cc2)cc1.CCC(C)c1ccc(N(C)C)cc1.CCC(C)c1ccc(OC(=O)c2ccc(N=Nc3ccc(C)cc3)cc2)cc1.CCC(C)c1ccnc(N)c1.CCC(C)c1ccncc1.CCCCCCOc1ccc(/C=C/C(=O)OCCOc2ccc(C(C)CC)cc2)cc1. The summed E-state index contributed by atoms with van der Waals surface area (Å²) in [5.41, 5.74) is 19.0. The van der Waals surface area contributed by atoms with E-state index in [9.17, 15) is 14.4 Å². The van der Waals surface area contributed by atoms with Gasteiger partial charge in [-0.15, -0.1) is 0 Å². The fraction of sp³-hybridized carbons (Fsp3) is 0.373. The lowest BCUT2D eigenvalue weighted by atomic mass is 9.91. The van der Waals surface area contributed by atoms with Crippen LogP contribution in [0.25, 0.3) is 6.08 Å². The van der Waals surface area contributed by atoms with Crippen LogP contribution in [0.15, 0.2) is 264 Å². The molecule has 5 atom stereocenters. The maximum absolute atomic E-state index is 12.3. The van der Waals surface area contributed by atoms with E-state index in [-0.39, 0.29) is 31.8 Å². The van der Waals surface area contributed by atoms with E-state index in [1.807, 2.05) is 137 Å². The number of nitrogens with two attached hydrogens (primary N) is 1. The van der Waals surface area contributed by atoms with Crippen molar-refractivity contribution in [1.29, 1.82) is 5.26 Å². The van der Waals surface area contributed by atoms with Gasteiger partial charge in [-0.1, -0.05) is 169 Å². The van der Waals surface area contributed by atoms with Crippen molar-refractivity contribution in [2.75, 3.05) is 57.8 Å². The lowest BCUT2D eigenvalue weighted by molar-refractivity contribution is -0.154. The summed E-state index contributed by atoms with van der Waals surface area (Å²) in [4.78, 5) is 46.1. The number of ether oxygens (including phenoxy) is 6. The number of aryl methyl sites for hydroxylation is 1. The van der Waals surface area contributed by atoms with E-state index in [0.717, 1.165) is 61.5 Å². The molecule has 8 aromatic carbocycles. The number of rotatable bonds is 35. The smallest absolute Gasteiger partial charge is 0.343 e. The average Bonchev–Trinajstić information content (AvgIpc) is 0.850. The molecule has 0 spiro atoms. The fourth-order valence-corrected chi connectivity index (χ4v) is 10.9. The van der Waals surface area contributed by atoms with E-state index >= 15 is 0 Å². The fourth-order valence-electron chi connectivity index (χ4n) is 10.9. The Morgan fingerprint density at radius 1 is 0.467 bits per heavy atom. The molecule has 0 aliphatic carbocycles. The van der Waals surface area contributed by atoms with Crippen molar-refractivity contribution < 1.29 is 42.8 Å². The van der Waals surface area contributed by atoms with Gasteiger partial charge < -0.3 is 39.1 Å². The van der Waals surface area contributed by atoms with Crippen molar-refractivity contribution in [3.8, 4) is 29.1 Å². The lowest BCUT2D eigenvalue weighted by Gasteiger charge is -2.20. The summed E-state index contributed by atoms with van der Waals surface area (Å²) in [6.45, 7) is 33.7. The molecule has 120 heavy (non-hydrogen) atoms. The number of nitriles is 1. The molecule has 10 aromatic rings. The third-order valence-corrected chi connectivity index (χ3v) is 20.5. The molecule has 636 valence electrons. The maximum Gasteiger partial charge on any atom is 0.343 e. The number of anilines is 2. The van der Waals surface area contributed by atoms with Crippen molar-refractivity contribution in [2.45, 2.75) is 198 Å². The minimum Gasteiger partial charge on any atom is -0.494 e. The quantitative estimate of drug-likeness (QED) is 0.0128. The van der Waals surface area contributed by atoms with E-state index in [4.69, 9.17) is 39.4 Å². The van der Waals surface area contributed by atoms with Crippen molar-refractivity contribution >= 4 is 58.2 Å². The molecule has 0 amide bonds. The van der Waals surface area contributed by atoms with Gasteiger partial charge in [-0.3, -0.25) is 9.78 Å². The molecule has 0 aliphatic rings. The molecule has 18 nitrogen and oxygen atoms in total. The number of hydrogen-bond acceptors (Lipinski definition) is 18. The van der Waals surface area contributed by atoms with Gasteiger partial charge in [0.15, 0.2) is 0 Å². The molecule has 0 saturated carbocycles. The van der Waals surface area contributed by atoms with Crippen molar-refractivity contribution in [3.05, 3.63) is 293 Å². The second-order valence-electron chi connectivity index (χ2n) is 30.3. The van der Waals surface area contributed by atoms with Gasteiger partial charge in [0, 0.05) is 44.4 Å². The first-order valence-electron chi connectivity index (χ1n) is 42.3. The molecule has 2 N–H and O–H groups in total. The van der Waals surface area contributed by atoms with Crippen LogP contribution in [0.3, 0.4) is 0 Å². The van der Waals surface area contributed by atoms with Gasteiger partial charge >= 0.3 is 17.9 Å². The van der Waals surface area contributed by atoms with Gasteiger partial charge in [0.2, 0.25) is 0 Å². The maximum atomic E-state index is 12.3. The Labute approximate surface area is 715 Å². The summed E-state index contributed by atoms with van der Waals surface area (Å²) in [5, 5.41) is 25.4. The van der Waals surface area contributed by atoms with E-state index in [0.29, 0.717) is 81.7 Å². The summed E-state index contributed by atoms with van der Waals surface area (Å²) < 4.78 is 32.8. The predicted molar refractivity (Wildman–Crippen MR) is 491 cm³/mol. The van der Waals surface area contributed by atoms with Crippen LogP contribution >= 0.6 is 0 Å². The number of unbranched alkanes of at least 4 members (excludes halogenated alkanes) is 3. The summed E-state index contributed by atoms with van der Waals surface area (Å²) in [7, 11) is 4.14. The highest BCUT2D eigenvalue weighted by Crippen LogP contribution is 2.29. The van der Waals surface area contributed by atoms with Crippen LogP contribution in [0.2, 0.25) is 0 Å². The van der Waals surface area contributed by atoms with E-state index in [1.165, 1.54) is 77.2 Å². The van der Waals surface area contributed by atoms with Gasteiger partial charge in [0.25, 0.3) is 0 Å². The van der Waals surface area contributed by atoms with Crippen LogP contribution in [0.1, 0.15) is 246 Å². The van der Waals surface area contributed by atoms with Gasteiger partial charge in [-0.25, -0.2) is 14.6 Å². The monoisotopic (exact) mass is 1620 g/mol. The van der Waals surface area contributed by atoms with Crippen LogP contribution in [0.5, 0.6) is 23.0 Å². The predicted octanol–water partition coefficient (Wildman–Crippen LogP) is 27.3. The minimum atomic E-state index is -0.471. The largest absolute Gasteiger partial charge is 0.494 e. The average molecular weight is 1630 g/mol. The topological polar surface area (TPSA) is 235 Å². The Morgan fingerprint density at radius 3 is 1.32 bits per heavy atom. The molecule has 0 fully saturated rings. The summed E-state index contributed by atoms with van der Waals surface area (Å²) in [6, 6.07) is 71.2. The molecule has 2 heterocycles. The van der Waals surface area contributed by atoms with Crippen LogP contribution in [0, 0.1) is 23.7 Å². The Balaban J connectivity index is 0.000000269. The first-order chi connectivity index (χ1) is 57.8. The molecule has 18 heteroatoms. The minimum absolute atomic E-state index is 0.209. The van der Waals surface area contributed by atoms with Crippen molar-refractivity contribution in [3.63, 3.8) is 0 Å². The molecule has 0 bridgehead atoms. The second-order valence-corrected chi connectivity index (χ2v) is 30.3. The van der Waals surface area contributed by atoms with E-state index < -0.39 is 11.4 Å². The summed E-state index contributed by atoms with van der Waals surface area (Å²) >= 11 is 0. The Bertz CT molecular complexity index is 4650. The molecule has 10 rings (SSSR count). The number of benzene rings is 8. The third kappa shape index (κ3) is 38.1. The number of azo groups is 2. The van der Waals surface area contributed by atoms with Gasteiger partial charge in [0.1, 0.15) is 55.2 Å². The zero-order chi connectivity index (χ0) is 87.5. The highest BCUT2D eigenvalue weighted by molar-refractivity contribution is 5.91. The molecule has 0 aliphatic heterocycles.